The summed E-state index contributed by atoms with van der Waals surface area (Å²) in [5.74, 6) is 0.251. The number of carbonyl (C=O) groups is 2. The number of para-hydroxylation sites is 1. The number of hydrogen-bond acceptors (Lipinski definition) is 5. The minimum atomic E-state index is -0.675. The number of nitrogens with zero attached hydrogens (tertiary/aromatic N) is 2. The molecule has 0 spiro atoms. The van der Waals surface area contributed by atoms with Crippen LogP contribution in [0.15, 0.2) is 42.6 Å². The summed E-state index contributed by atoms with van der Waals surface area (Å²) in [7, 11) is 0. The third-order valence-electron chi connectivity index (χ3n) is 3.44. The van der Waals surface area contributed by atoms with Crippen molar-refractivity contribution in [3.63, 3.8) is 0 Å². The lowest BCUT2D eigenvalue weighted by molar-refractivity contribution is -0.118. The lowest BCUT2D eigenvalue weighted by Crippen LogP contribution is -2.37. The molecule has 2 aromatic heterocycles. The van der Waals surface area contributed by atoms with Gasteiger partial charge in [0.05, 0.1) is 11.2 Å². The van der Waals surface area contributed by atoms with Crippen molar-refractivity contribution in [1.29, 1.82) is 0 Å². The second-order valence-electron chi connectivity index (χ2n) is 5.09. The Hall–Kier alpha value is -3.22. The second-order valence-corrected chi connectivity index (χ2v) is 5.09. The fourth-order valence-electron chi connectivity index (χ4n) is 2.30. The van der Waals surface area contributed by atoms with Crippen molar-refractivity contribution < 1.29 is 9.59 Å². The monoisotopic (exact) mass is 309 g/mol. The standard InChI is InChI=1S/C16H15N5O2/c17-16(23)13(7-11-8-18-15(9-22)19-11)21-14-6-5-10-3-1-2-4-12(10)20-14/h1-6,8-9,13H,7H2,(H2,17,23)(H,18,19)(H,20,21)/t13-/m0/s1. The van der Waals surface area contributed by atoms with Crippen LogP contribution < -0.4 is 11.1 Å². The number of fused-ring (bicyclic) bond motifs is 1. The molecule has 3 rings (SSSR count). The molecule has 1 atom stereocenters. The number of nitrogens with two attached hydrogens (primary N) is 1. The van der Waals surface area contributed by atoms with Gasteiger partial charge in [0.25, 0.3) is 0 Å². The third kappa shape index (κ3) is 3.34. The number of aldehydes is 1. The van der Waals surface area contributed by atoms with Crippen molar-refractivity contribution in [3.8, 4) is 0 Å². The lowest BCUT2D eigenvalue weighted by Gasteiger charge is -2.15. The minimum Gasteiger partial charge on any atom is -0.368 e. The van der Waals surface area contributed by atoms with Gasteiger partial charge >= 0.3 is 0 Å². The number of benzene rings is 1. The van der Waals surface area contributed by atoms with E-state index in [4.69, 9.17) is 5.73 Å². The first-order valence-electron chi connectivity index (χ1n) is 7.07. The summed E-state index contributed by atoms with van der Waals surface area (Å²) in [4.78, 5) is 33.5. The highest BCUT2D eigenvalue weighted by atomic mass is 16.1. The Morgan fingerprint density at radius 1 is 1.26 bits per heavy atom. The number of carbonyl (C=O) groups excluding carboxylic acids is 2. The van der Waals surface area contributed by atoms with Gasteiger partial charge in [-0.05, 0) is 18.2 Å². The van der Waals surface area contributed by atoms with Crippen molar-refractivity contribution in [1.82, 2.24) is 15.0 Å². The Morgan fingerprint density at radius 2 is 2.09 bits per heavy atom. The highest BCUT2D eigenvalue weighted by Crippen LogP contribution is 2.16. The van der Waals surface area contributed by atoms with Gasteiger partial charge in [0.15, 0.2) is 12.1 Å². The second kappa shape index (κ2) is 6.27. The first kappa shape index (κ1) is 14.7. The molecular weight excluding hydrogens is 294 g/mol. The summed E-state index contributed by atoms with van der Waals surface area (Å²) in [5.41, 5.74) is 6.84. The molecule has 23 heavy (non-hydrogen) atoms. The first-order chi connectivity index (χ1) is 11.2. The molecule has 7 nitrogen and oxygen atoms in total. The summed E-state index contributed by atoms with van der Waals surface area (Å²) in [6, 6.07) is 10.7. The number of amides is 1. The number of rotatable bonds is 6. The number of pyridine rings is 1. The predicted molar refractivity (Wildman–Crippen MR) is 86.0 cm³/mol. The van der Waals surface area contributed by atoms with Gasteiger partial charge in [-0.25, -0.2) is 9.97 Å². The molecule has 0 fully saturated rings. The van der Waals surface area contributed by atoms with Gasteiger partial charge in [0, 0.05) is 18.0 Å². The number of hydrogen-bond donors (Lipinski definition) is 3. The Morgan fingerprint density at radius 3 is 2.83 bits per heavy atom. The summed E-state index contributed by atoms with van der Waals surface area (Å²) >= 11 is 0. The van der Waals surface area contributed by atoms with Crippen molar-refractivity contribution >= 4 is 28.9 Å². The fourth-order valence-corrected chi connectivity index (χ4v) is 2.30. The maximum atomic E-state index is 11.7. The number of anilines is 1. The molecule has 2 heterocycles. The third-order valence-corrected chi connectivity index (χ3v) is 3.44. The van der Waals surface area contributed by atoms with Crippen LogP contribution in [0.4, 0.5) is 5.82 Å². The molecule has 0 aliphatic carbocycles. The highest BCUT2D eigenvalue weighted by Gasteiger charge is 2.18. The van der Waals surface area contributed by atoms with Gasteiger partial charge in [-0.1, -0.05) is 18.2 Å². The van der Waals surface area contributed by atoms with Gasteiger partial charge < -0.3 is 16.0 Å². The SMILES string of the molecule is NC(=O)[C@H](Cc1c[nH]c(C=O)n1)Nc1ccc2ccccc2n1. The molecule has 1 amide bonds. The molecule has 116 valence electrons. The van der Waals surface area contributed by atoms with E-state index < -0.39 is 11.9 Å². The average molecular weight is 309 g/mol. The van der Waals surface area contributed by atoms with Crippen LogP contribution in [0, 0.1) is 0 Å². The number of aromatic nitrogens is 3. The maximum Gasteiger partial charge on any atom is 0.240 e. The summed E-state index contributed by atoms with van der Waals surface area (Å²) < 4.78 is 0. The maximum absolute atomic E-state index is 11.7. The molecule has 4 N–H and O–H groups in total. The van der Waals surface area contributed by atoms with E-state index in [0.29, 0.717) is 17.8 Å². The van der Waals surface area contributed by atoms with Gasteiger partial charge in [0.2, 0.25) is 5.91 Å². The molecule has 1 aromatic carbocycles. The number of aromatic amines is 1. The van der Waals surface area contributed by atoms with Crippen LogP contribution in [-0.2, 0) is 11.2 Å². The molecule has 0 radical (unpaired) electrons. The Bertz CT molecular complexity index is 858. The molecule has 0 unspecified atom stereocenters. The predicted octanol–water partition coefficient (Wildman–Crippen LogP) is 1.28. The summed E-state index contributed by atoms with van der Waals surface area (Å²) in [6.07, 6.45) is 2.45. The van der Waals surface area contributed by atoms with E-state index in [1.165, 1.54) is 0 Å². The van der Waals surface area contributed by atoms with E-state index in [2.05, 4.69) is 20.3 Å². The number of H-pyrrole nitrogens is 1. The zero-order chi connectivity index (χ0) is 16.2. The van der Waals surface area contributed by atoms with Crippen LogP contribution in [0.25, 0.3) is 10.9 Å². The van der Waals surface area contributed by atoms with Crippen LogP contribution in [-0.4, -0.2) is 33.2 Å². The molecule has 0 bridgehead atoms. The van der Waals surface area contributed by atoms with E-state index in [0.717, 1.165) is 10.9 Å². The number of primary amides is 1. The van der Waals surface area contributed by atoms with E-state index in [1.54, 1.807) is 12.3 Å². The van der Waals surface area contributed by atoms with E-state index in [-0.39, 0.29) is 12.2 Å². The number of imidazole rings is 1. The molecule has 0 aliphatic rings. The fraction of sp³-hybridized carbons (Fsp3) is 0.125. The van der Waals surface area contributed by atoms with Crippen LogP contribution in [0.2, 0.25) is 0 Å². The van der Waals surface area contributed by atoms with E-state index >= 15 is 0 Å². The average Bonchev–Trinajstić information content (AvgIpc) is 3.02. The summed E-state index contributed by atoms with van der Waals surface area (Å²) in [5, 5.41) is 4.03. The van der Waals surface area contributed by atoms with Crippen molar-refractivity contribution in [3.05, 3.63) is 54.1 Å². The Labute approximate surface area is 131 Å². The Balaban J connectivity index is 1.80. The van der Waals surface area contributed by atoms with Crippen LogP contribution in [0.3, 0.4) is 0 Å². The zero-order valence-electron chi connectivity index (χ0n) is 12.2. The Kier molecular flexibility index (Phi) is 4.01. The topological polar surface area (TPSA) is 114 Å². The van der Waals surface area contributed by atoms with Crippen LogP contribution in [0.1, 0.15) is 16.3 Å². The summed E-state index contributed by atoms with van der Waals surface area (Å²) in [6.45, 7) is 0. The van der Waals surface area contributed by atoms with E-state index in [9.17, 15) is 9.59 Å². The molecular formula is C16H15N5O2. The van der Waals surface area contributed by atoms with Crippen molar-refractivity contribution in [2.24, 2.45) is 5.73 Å². The van der Waals surface area contributed by atoms with Gasteiger partial charge in [-0.3, -0.25) is 9.59 Å². The molecule has 7 heteroatoms. The number of nitrogens with one attached hydrogen (secondary N) is 2. The van der Waals surface area contributed by atoms with Gasteiger partial charge in [-0.15, -0.1) is 0 Å². The van der Waals surface area contributed by atoms with Crippen LogP contribution >= 0.6 is 0 Å². The zero-order valence-corrected chi connectivity index (χ0v) is 12.2. The first-order valence-corrected chi connectivity index (χ1v) is 7.07. The highest BCUT2D eigenvalue weighted by molar-refractivity contribution is 5.84. The molecule has 0 aliphatic heterocycles. The van der Waals surface area contributed by atoms with Crippen molar-refractivity contribution in [2.75, 3.05) is 5.32 Å². The smallest absolute Gasteiger partial charge is 0.240 e. The lowest BCUT2D eigenvalue weighted by atomic mass is 10.1. The van der Waals surface area contributed by atoms with Crippen molar-refractivity contribution in [2.45, 2.75) is 12.5 Å². The van der Waals surface area contributed by atoms with Gasteiger partial charge in [0.1, 0.15) is 11.9 Å². The normalized spacial score (nSPS) is 12.0. The molecule has 3 aromatic rings. The molecule has 0 saturated carbocycles. The quantitative estimate of drug-likeness (QED) is 0.593. The van der Waals surface area contributed by atoms with Crippen LogP contribution in [0.5, 0.6) is 0 Å². The van der Waals surface area contributed by atoms with Gasteiger partial charge in [-0.2, -0.15) is 0 Å². The molecule has 0 saturated heterocycles. The largest absolute Gasteiger partial charge is 0.368 e. The van der Waals surface area contributed by atoms with E-state index in [1.807, 2.05) is 30.3 Å². The minimum absolute atomic E-state index is 0.215.